The van der Waals surface area contributed by atoms with Crippen LogP contribution in [0.4, 0.5) is 0 Å². The highest BCUT2D eigenvalue weighted by atomic mass is 16.3. The van der Waals surface area contributed by atoms with Crippen molar-refractivity contribution < 1.29 is 5.11 Å². The number of unbranched alkanes of at least 4 members (excludes halogenated alkanes) is 3. The molecule has 3 N–H and O–H groups in total. The predicted octanol–water partition coefficient (Wildman–Crippen LogP) is 7.93. The summed E-state index contributed by atoms with van der Waals surface area (Å²) in [5.74, 6) is 0.283. The van der Waals surface area contributed by atoms with Gasteiger partial charge in [0, 0.05) is 18.0 Å². The van der Waals surface area contributed by atoms with Crippen LogP contribution < -0.4 is 10.6 Å². The lowest BCUT2D eigenvalue weighted by Gasteiger charge is -2.31. The molecule has 0 fully saturated rings. The Balaban J connectivity index is 2.10. The Morgan fingerprint density at radius 1 is 1.24 bits per heavy atom. The van der Waals surface area contributed by atoms with Gasteiger partial charge in [-0.05, 0) is 87.0 Å². The predicted molar refractivity (Wildman–Crippen MR) is 161 cm³/mol. The first-order valence-corrected chi connectivity index (χ1v) is 13.8. The minimum absolute atomic E-state index is 0.283. The van der Waals surface area contributed by atoms with Crippen molar-refractivity contribution in [1.82, 2.24) is 10.6 Å². The van der Waals surface area contributed by atoms with Crippen LogP contribution in [0.5, 0.6) is 0 Å². The molecule has 1 aliphatic rings. The van der Waals surface area contributed by atoms with E-state index in [-0.39, 0.29) is 5.92 Å². The van der Waals surface area contributed by atoms with Crippen molar-refractivity contribution in [1.29, 1.82) is 0 Å². The Hall–Kier alpha value is -2.68. The molecule has 2 atom stereocenters. The minimum atomic E-state index is -0.850. The Bertz CT molecular complexity index is 1060. The third kappa shape index (κ3) is 9.95. The van der Waals surface area contributed by atoms with E-state index >= 15 is 0 Å². The van der Waals surface area contributed by atoms with Crippen LogP contribution in [0.15, 0.2) is 96.3 Å². The first-order chi connectivity index (χ1) is 17.7. The number of rotatable bonds is 15. The third-order valence-electron chi connectivity index (χ3n) is 6.99. The van der Waals surface area contributed by atoms with Crippen molar-refractivity contribution in [3.63, 3.8) is 0 Å². The highest BCUT2D eigenvalue weighted by molar-refractivity contribution is 5.79. The molecule has 0 saturated heterocycles. The summed E-state index contributed by atoms with van der Waals surface area (Å²) in [6.45, 7) is 19.4. The lowest BCUT2D eigenvalue weighted by molar-refractivity contribution is 0.0822. The molecule has 3 heteroatoms. The topological polar surface area (TPSA) is 44.3 Å². The fourth-order valence-corrected chi connectivity index (χ4v) is 4.60. The Labute approximate surface area is 226 Å². The zero-order valence-electron chi connectivity index (χ0n) is 23.7. The van der Waals surface area contributed by atoms with Crippen LogP contribution >= 0.6 is 0 Å². The molecule has 0 heterocycles. The molecule has 2 unspecified atom stereocenters. The van der Waals surface area contributed by atoms with Crippen molar-refractivity contribution in [3.8, 4) is 0 Å². The van der Waals surface area contributed by atoms with Crippen molar-refractivity contribution in [2.45, 2.75) is 85.0 Å². The normalized spacial score (nSPS) is 17.4. The zero-order chi connectivity index (χ0) is 27.3. The molecular formula is C34H48N2O. The maximum atomic E-state index is 10.7. The van der Waals surface area contributed by atoms with Gasteiger partial charge < -0.3 is 5.11 Å². The first-order valence-electron chi connectivity index (χ1n) is 13.8. The second kappa shape index (κ2) is 15.5. The van der Waals surface area contributed by atoms with E-state index in [2.05, 4.69) is 113 Å². The smallest absolute Gasteiger partial charge is 0.161 e. The molecule has 1 aromatic rings. The lowest BCUT2D eigenvalue weighted by atomic mass is 9.88. The zero-order valence-corrected chi connectivity index (χ0v) is 23.7. The average Bonchev–Trinajstić information content (AvgIpc) is 3.12. The number of hydrogen-bond donors (Lipinski definition) is 3. The van der Waals surface area contributed by atoms with E-state index in [1.54, 1.807) is 0 Å². The minimum Gasteiger partial charge on any atom is -0.365 e. The van der Waals surface area contributed by atoms with E-state index in [1.807, 2.05) is 12.2 Å². The average molecular weight is 501 g/mol. The van der Waals surface area contributed by atoms with Crippen molar-refractivity contribution >= 4 is 5.57 Å². The summed E-state index contributed by atoms with van der Waals surface area (Å²) < 4.78 is 0. The molecule has 0 spiro atoms. The van der Waals surface area contributed by atoms with E-state index < -0.39 is 11.9 Å². The summed E-state index contributed by atoms with van der Waals surface area (Å²) in [5.41, 5.74) is 10.0. The van der Waals surface area contributed by atoms with Crippen LogP contribution in [-0.4, -0.2) is 23.5 Å². The van der Waals surface area contributed by atoms with Gasteiger partial charge in [0.15, 0.2) is 6.35 Å². The fraction of sp³-hybridized carbons (Fsp3) is 0.441. The van der Waals surface area contributed by atoms with Gasteiger partial charge in [-0.3, -0.25) is 10.6 Å². The highest BCUT2D eigenvalue weighted by Gasteiger charge is 2.25. The van der Waals surface area contributed by atoms with Gasteiger partial charge in [0.25, 0.3) is 0 Å². The molecule has 0 aliphatic heterocycles. The van der Waals surface area contributed by atoms with E-state index in [0.717, 1.165) is 30.4 Å². The van der Waals surface area contributed by atoms with Crippen LogP contribution in [0.2, 0.25) is 0 Å². The second-order valence-electron chi connectivity index (χ2n) is 10.6. The van der Waals surface area contributed by atoms with Crippen LogP contribution in [0.1, 0.15) is 77.3 Å². The van der Waals surface area contributed by atoms with Crippen LogP contribution in [-0.2, 0) is 0 Å². The Kier molecular flexibility index (Phi) is 12.8. The van der Waals surface area contributed by atoms with Gasteiger partial charge in [0.2, 0.25) is 0 Å². The van der Waals surface area contributed by atoms with Crippen LogP contribution in [0, 0.1) is 12.8 Å². The number of aliphatic hydroxyl groups is 1. The Morgan fingerprint density at radius 3 is 2.68 bits per heavy atom. The van der Waals surface area contributed by atoms with Crippen molar-refractivity contribution in [3.05, 3.63) is 107 Å². The maximum Gasteiger partial charge on any atom is 0.161 e. The summed E-state index contributed by atoms with van der Waals surface area (Å²) in [5, 5.41) is 17.2. The van der Waals surface area contributed by atoms with E-state index in [9.17, 15) is 5.11 Å². The largest absolute Gasteiger partial charge is 0.365 e. The molecular weight excluding hydrogens is 452 g/mol. The molecule has 0 saturated carbocycles. The molecule has 200 valence electrons. The number of hydrogen-bond acceptors (Lipinski definition) is 3. The van der Waals surface area contributed by atoms with Gasteiger partial charge in [-0.15, -0.1) is 5.73 Å². The number of aliphatic hydroxyl groups excluding tert-OH is 1. The molecule has 3 nitrogen and oxygen atoms in total. The molecule has 0 radical (unpaired) electrons. The van der Waals surface area contributed by atoms with E-state index in [0.29, 0.717) is 6.54 Å². The summed E-state index contributed by atoms with van der Waals surface area (Å²) in [6.07, 6.45) is 18.5. The Morgan fingerprint density at radius 2 is 2.00 bits per heavy atom. The number of aryl methyl sites for hydroxylation is 1. The SMILES string of the molecule is C=C/C(=C(\C=C/CNC(O)NC(C)(C)C1=CC(C(=C)C)CC=C=C1)CCCCCC)c1ccccc1C. The summed E-state index contributed by atoms with van der Waals surface area (Å²) in [6, 6.07) is 8.48. The third-order valence-corrected chi connectivity index (χ3v) is 6.99. The van der Waals surface area contributed by atoms with Crippen molar-refractivity contribution in [2.24, 2.45) is 5.92 Å². The van der Waals surface area contributed by atoms with Gasteiger partial charge in [-0.1, -0.05) is 93.5 Å². The van der Waals surface area contributed by atoms with Crippen molar-refractivity contribution in [2.75, 3.05) is 6.54 Å². The second-order valence-corrected chi connectivity index (χ2v) is 10.6. The van der Waals surface area contributed by atoms with E-state index in [4.69, 9.17) is 0 Å². The maximum absolute atomic E-state index is 10.7. The number of nitrogens with one attached hydrogen (secondary N) is 2. The molecule has 37 heavy (non-hydrogen) atoms. The molecule has 0 amide bonds. The first kappa shape index (κ1) is 30.5. The summed E-state index contributed by atoms with van der Waals surface area (Å²) in [7, 11) is 0. The van der Waals surface area contributed by atoms with E-state index in [1.165, 1.54) is 41.5 Å². The standard InChI is InChI=1S/C34H48N2O/c1-8-10-11-12-19-28(31(9-2)32-23-16-13-18-27(32)5)21-17-24-35-33(37)36-34(6,7)30-22-15-14-20-29(25-30)26(3)4/h9,13-14,16-18,21-23,25,29,33,35-37H,2-3,8,10-12,19-20,24H2,1,4-7H3/b21-17-,31-28+. The van der Waals surface area contributed by atoms with Gasteiger partial charge in [0.05, 0.1) is 0 Å². The number of benzene rings is 1. The molecule has 0 aromatic heterocycles. The molecule has 1 aromatic carbocycles. The molecule has 0 bridgehead atoms. The summed E-state index contributed by atoms with van der Waals surface area (Å²) >= 11 is 0. The fourth-order valence-electron chi connectivity index (χ4n) is 4.60. The van der Waals surface area contributed by atoms with Gasteiger partial charge >= 0.3 is 0 Å². The van der Waals surface area contributed by atoms with Crippen LogP contribution in [0.3, 0.4) is 0 Å². The quantitative estimate of drug-likeness (QED) is 0.0753. The van der Waals surface area contributed by atoms with Gasteiger partial charge in [0.1, 0.15) is 0 Å². The molecule has 1 aliphatic carbocycles. The van der Waals surface area contributed by atoms with Crippen LogP contribution in [0.25, 0.3) is 5.57 Å². The summed E-state index contributed by atoms with van der Waals surface area (Å²) in [4.78, 5) is 0. The monoisotopic (exact) mass is 500 g/mol. The number of allylic oxidation sites excluding steroid dienone is 6. The van der Waals surface area contributed by atoms with Gasteiger partial charge in [-0.2, -0.15) is 0 Å². The lowest BCUT2D eigenvalue weighted by Crippen LogP contribution is -2.53. The highest BCUT2D eigenvalue weighted by Crippen LogP contribution is 2.28. The molecule has 2 rings (SSSR count). The van der Waals surface area contributed by atoms with Gasteiger partial charge in [-0.25, -0.2) is 0 Å².